The van der Waals surface area contributed by atoms with Crippen molar-refractivity contribution in [3.63, 3.8) is 0 Å². The van der Waals surface area contributed by atoms with Crippen molar-refractivity contribution in [2.45, 2.75) is 18.9 Å². The van der Waals surface area contributed by atoms with Gasteiger partial charge in [-0.05, 0) is 24.6 Å². The fourth-order valence-corrected chi connectivity index (χ4v) is 1.51. The van der Waals surface area contributed by atoms with Gasteiger partial charge in [-0.3, -0.25) is 4.79 Å². The molecule has 1 N–H and O–H groups in total. The highest BCUT2D eigenvalue weighted by atomic mass is 79.9. The zero-order chi connectivity index (χ0) is 11.5. The molecule has 0 radical (unpaired) electrons. The lowest BCUT2D eigenvalue weighted by Crippen LogP contribution is -2.38. The van der Waals surface area contributed by atoms with Crippen LogP contribution in [0.15, 0.2) is 18.3 Å². The Labute approximate surface area is 102 Å². The summed E-state index contributed by atoms with van der Waals surface area (Å²) in [5.74, 6) is -0.248. The number of ketones is 1. The summed E-state index contributed by atoms with van der Waals surface area (Å²) in [6.07, 6.45) is 1.69. The van der Waals surface area contributed by atoms with Crippen LogP contribution in [0.5, 0.6) is 0 Å². The normalized spacial score (nSPS) is 14.7. The van der Waals surface area contributed by atoms with Crippen LogP contribution in [0, 0.1) is 0 Å². The Balaban J connectivity index is 2.75. The lowest BCUT2D eigenvalue weighted by molar-refractivity contribution is -0.132. The molecule has 1 aromatic rings. The van der Waals surface area contributed by atoms with Crippen molar-refractivity contribution in [1.82, 2.24) is 4.98 Å². The maximum absolute atomic E-state index is 11.6. The number of aromatic nitrogens is 1. The van der Waals surface area contributed by atoms with Gasteiger partial charge < -0.3 is 5.11 Å². The van der Waals surface area contributed by atoms with Crippen molar-refractivity contribution in [3.8, 4) is 0 Å². The van der Waals surface area contributed by atoms with Gasteiger partial charge in [-0.15, -0.1) is 0 Å². The van der Waals surface area contributed by atoms with E-state index in [1.165, 1.54) is 13.1 Å². The number of halogens is 2. The summed E-state index contributed by atoms with van der Waals surface area (Å²) in [5.41, 5.74) is -0.586. The van der Waals surface area contributed by atoms with Gasteiger partial charge in [-0.1, -0.05) is 27.5 Å². The minimum absolute atomic E-state index is 0.154. The largest absolute Gasteiger partial charge is 0.381 e. The molecule has 82 valence electrons. The van der Waals surface area contributed by atoms with E-state index in [1.807, 2.05) is 0 Å². The molecular weight excluding hydrogens is 281 g/mol. The van der Waals surface area contributed by atoms with Crippen molar-refractivity contribution in [1.29, 1.82) is 0 Å². The van der Waals surface area contributed by atoms with Gasteiger partial charge in [-0.25, -0.2) is 4.98 Å². The Morgan fingerprint density at radius 2 is 2.40 bits per heavy atom. The molecule has 1 rings (SSSR count). The number of alkyl halides is 1. The Morgan fingerprint density at radius 3 is 2.93 bits per heavy atom. The van der Waals surface area contributed by atoms with Crippen molar-refractivity contribution < 1.29 is 9.90 Å². The monoisotopic (exact) mass is 291 g/mol. The number of aliphatic hydroxyl groups is 1. The van der Waals surface area contributed by atoms with Crippen LogP contribution in [0.1, 0.15) is 12.5 Å². The van der Waals surface area contributed by atoms with Crippen LogP contribution in [0.25, 0.3) is 0 Å². The van der Waals surface area contributed by atoms with E-state index < -0.39 is 5.60 Å². The molecule has 0 aliphatic carbocycles. The van der Waals surface area contributed by atoms with Gasteiger partial charge in [0.25, 0.3) is 0 Å². The van der Waals surface area contributed by atoms with Gasteiger partial charge in [0.05, 0.1) is 0 Å². The molecule has 0 aromatic carbocycles. The molecule has 0 saturated heterocycles. The minimum atomic E-state index is -1.34. The van der Waals surface area contributed by atoms with Crippen molar-refractivity contribution >= 4 is 33.3 Å². The quantitative estimate of drug-likeness (QED) is 0.682. The smallest absolute Gasteiger partial charge is 0.169 e. The zero-order valence-electron chi connectivity index (χ0n) is 8.20. The van der Waals surface area contributed by atoms with Crippen LogP contribution in [-0.4, -0.2) is 26.8 Å². The van der Waals surface area contributed by atoms with Gasteiger partial charge in [-0.2, -0.15) is 0 Å². The van der Waals surface area contributed by atoms with Crippen LogP contribution in [0.2, 0.25) is 5.15 Å². The van der Waals surface area contributed by atoms with Crippen LogP contribution >= 0.6 is 27.5 Å². The first kappa shape index (κ1) is 12.6. The molecule has 0 spiro atoms. The first-order valence-electron chi connectivity index (χ1n) is 4.38. The molecule has 0 aliphatic rings. The number of pyridine rings is 1. The fourth-order valence-electron chi connectivity index (χ4n) is 1.00. The number of carbonyl (C=O) groups is 1. The van der Waals surface area contributed by atoms with E-state index in [9.17, 15) is 9.90 Å². The first-order valence-corrected chi connectivity index (χ1v) is 5.88. The highest BCUT2D eigenvalue weighted by Crippen LogP contribution is 2.14. The number of hydrogen-bond donors (Lipinski definition) is 1. The maximum Gasteiger partial charge on any atom is 0.169 e. The second-order valence-electron chi connectivity index (χ2n) is 3.49. The Kier molecular flexibility index (Phi) is 4.25. The van der Waals surface area contributed by atoms with Gasteiger partial charge in [0.15, 0.2) is 5.78 Å². The average Bonchev–Trinajstić information content (AvgIpc) is 2.17. The molecule has 0 amide bonds. The fraction of sp³-hybridized carbons (Fsp3) is 0.400. The standard InChI is InChI=1S/C10H11BrClNO2/c1-10(15,6-11)8(14)4-7-2-3-13-9(12)5-7/h2-3,5,15H,4,6H2,1H3/t10-/m0/s1. The number of Topliss-reactive ketones (excluding diaryl/α,β-unsaturated/α-hetero) is 1. The summed E-state index contributed by atoms with van der Waals surface area (Å²) >= 11 is 8.77. The molecule has 15 heavy (non-hydrogen) atoms. The predicted molar refractivity (Wildman–Crippen MR) is 62.4 cm³/mol. The van der Waals surface area contributed by atoms with E-state index in [0.717, 1.165) is 5.56 Å². The third-order valence-corrected chi connectivity index (χ3v) is 3.32. The van der Waals surface area contributed by atoms with Crippen molar-refractivity contribution in [3.05, 3.63) is 29.0 Å². The molecular formula is C10H11BrClNO2. The third-order valence-electron chi connectivity index (χ3n) is 2.02. The summed E-state index contributed by atoms with van der Waals surface area (Å²) in [6, 6.07) is 3.32. The molecule has 5 heteroatoms. The van der Waals surface area contributed by atoms with E-state index in [0.29, 0.717) is 5.15 Å². The van der Waals surface area contributed by atoms with E-state index in [-0.39, 0.29) is 17.5 Å². The van der Waals surface area contributed by atoms with E-state index in [2.05, 4.69) is 20.9 Å². The SMILES string of the molecule is C[C@](O)(CBr)C(=O)Cc1ccnc(Cl)c1. The second kappa shape index (κ2) is 5.05. The molecule has 0 unspecified atom stereocenters. The molecule has 3 nitrogen and oxygen atoms in total. The Morgan fingerprint density at radius 1 is 1.73 bits per heavy atom. The van der Waals surface area contributed by atoms with E-state index in [4.69, 9.17) is 11.6 Å². The molecule has 1 aromatic heterocycles. The van der Waals surface area contributed by atoms with Crippen LogP contribution in [0.4, 0.5) is 0 Å². The van der Waals surface area contributed by atoms with E-state index in [1.54, 1.807) is 12.1 Å². The molecule has 0 bridgehead atoms. The van der Waals surface area contributed by atoms with Crippen molar-refractivity contribution in [2.24, 2.45) is 0 Å². The summed E-state index contributed by atoms with van der Waals surface area (Å²) in [6.45, 7) is 1.48. The molecule has 1 atom stereocenters. The highest BCUT2D eigenvalue weighted by Gasteiger charge is 2.28. The van der Waals surface area contributed by atoms with Gasteiger partial charge >= 0.3 is 0 Å². The minimum Gasteiger partial charge on any atom is -0.381 e. The second-order valence-corrected chi connectivity index (χ2v) is 4.44. The summed E-state index contributed by atoms with van der Waals surface area (Å²) in [5, 5.41) is 10.2. The predicted octanol–water partition coefficient (Wildman–Crippen LogP) is 1.99. The molecule has 0 saturated carbocycles. The Hall–Kier alpha value is -0.450. The first-order chi connectivity index (χ1) is 6.95. The number of rotatable bonds is 4. The topological polar surface area (TPSA) is 50.2 Å². The third kappa shape index (κ3) is 3.55. The number of nitrogens with zero attached hydrogens (tertiary/aromatic N) is 1. The summed E-state index contributed by atoms with van der Waals surface area (Å²) < 4.78 is 0. The lowest BCUT2D eigenvalue weighted by Gasteiger charge is -2.18. The summed E-state index contributed by atoms with van der Waals surface area (Å²) in [7, 11) is 0. The molecule has 0 aliphatic heterocycles. The average molecular weight is 293 g/mol. The summed E-state index contributed by atoms with van der Waals surface area (Å²) in [4.78, 5) is 15.4. The lowest BCUT2D eigenvalue weighted by atomic mass is 9.98. The van der Waals surface area contributed by atoms with Gasteiger partial charge in [0.2, 0.25) is 0 Å². The van der Waals surface area contributed by atoms with Gasteiger partial charge in [0, 0.05) is 17.9 Å². The number of carbonyl (C=O) groups excluding carboxylic acids is 1. The van der Waals surface area contributed by atoms with Crippen LogP contribution < -0.4 is 0 Å². The van der Waals surface area contributed by atoms with Crippen LogP contribution in [0.3, 0.4) is 0 Å². The Bertz CT molecular complexity index is 368. The molecule has 1 heterocycles. The van der Waals surface area contributed by atoms with Crippen LogP contribution in [-0.2, 0) is 11.2 Å². The number of hydrogen-bond acceptors (Lipinski definition) is 3. The van der Waals surface area contributed by atoms with E-state index >= 15 is 0 Å². The highest BCUT2D eigenvalue weighted by molar-refractivity contribution is 9.09. The maximum atomic E-state index is 11.6. The zero-order valence-corrected chi connectivity index (χ0v) is 10.5. The van der Waals surface area contributed by atoms with Gasteiger partial charge in [0.1, 0.15) is 10.8 Å². The van der Waals surface area contributed by atoms with Crippen molar-refractivity contribution in [2.75, 3.05) is 5.33 Å². The molecule has 0 fully saturated rings.